The molecule has 4 rings (SSSR count). The predicted octanol–water partition coefficient (Wildman–Crippen LogP) is 2.12. The van der Waals surface area contributed by atoms with Crippen molar-refractivity contribution in [2.24, 2.45) is 14.1 Å². The fraction of sp³-hybridized carbons (Fsp3) is 0.304. The largest absolute Gasteiger partial charge is 0.348 e. The summed E-state index contributed by atoms with van der Waals surface area (Å²) in [6.45, 7) is 4.42. The number of aromatic nitrogens is 5. The number of nitrogens with zero attached hydrogens (tertiary/aromatic N) is 5. The lowest BCUT2D eigenvalue weighted by Gasteiger charge is -2.10. The van der Waals surface area contributed by atoms with Crippen molar-refractivity contribution in [2.75, 3.05) is 0 Å². The van der Waals surface area contributed by atoms with E-state index in [1.54, 1.807) is 12.1 Å². The SMILES string of the molecule is Cc1cc(C(=O)Cn2cnc3c2c(=O)n(C)c(=O)n3C)c(C)n1CCc1ccc(F)cc1. The Bertz CT molecular complexity index is 1450. The number of imidazole rings is 1. The normalized spacial score (nSPS) is 11.4. The fourth-order valence-corrected chi connectivity index (χ4v) is 4.08. The molecule has 0 atom stereocenters. The predicted molar refractivity (Wildman–Crippen MR) is 119 cm³/mol. The highest BCUT2D eigenvalue weighted by Gasteiger charge is 2.20. The molecule has 0 bridgehead atoms. The first-order chi connectivity index (χ1) is 15.2. The summed E-state index contributed by atoms with van der Waals surface area (Å²) in [5.41, 5.74) is 2.87. The highest BCUT2D eigenvalue weighted by molar-refractivity contribution is 5.98. The van der Waals surface area contributed by atoms with Crippen molar-refractivity contribution in [2.45, 2.75) is 33.4 Å². The molecule has 0 aliphatic rings. The van der Waals surface area contributed by atoms with Gasteiger partial charge in [0, 0.05) is 37.6 Å². The number of halogens is 1. The highest BCUT2D eigenvalue weighted by atomic mass is 19.1. The summed E-state index contributed by atoms with van der Waals surface area (Å²) in [7, 11) is 2.94. The molecule has 0 fully saturated rings. The zero-order valence-electron chi connectivity index (χ0n) is 18.4. The Balaban J connectivity index is 1.61. The molecule has 0 saturated carbocycles. The van der Waals surface area contributed by atoms with Gasteiger partial charge in [0.25, 0.3) is 5.56 Å². The zero-order chi connectivity index (χ0) is 23.2. The maximum absolute atomic E-state index is 13.1. The number of ketones is 1. The first-order valence-electron chi connectivity index (χ1n) is 10.2. The molecule has 0 aliphatic carbocycles. The molecule has 3 heterocycles. The number of Topliss-reactive ketones (excluding diaryl/α,β-unsaturated/α-hetero) is 1. The van der Waals surface area contributed by atoms with E-state index in [9.17, 15) is 18.8 Å². The van der Waals surface area contributed by atoms with Gasteiger partial charge in [-0.25, -0.2) is 14.2 Å². The summed E-state index contributed by atoms with van der Waals surface area (Å²) in [6.07, 6.45) is 2.12. The van der Waals surface area contributed by atoms with Gasteiger partial charge < -0.3 is 9.13 Å². The standard InChI is InChI=1S/C23H24FN5O3/c1-14-11-18(15(2)29(14)10-9-16-5-7-17(24)8-6-16)19(30)12-28-13-25-21-20(28)22(31)27(4)23(32)26(21)3/h5-8,11,13H,9-10,12H2,1-4H3. The summed E-state index contributed by atoms with van der Waals surface area (Å²) in [5, 5.41) is 0. The Morgan fingerprint density at radius 2 is 1.75 bits per heavy atom. The third-order valence-corrected chi connectivity index (χ3v) is 5.94. The number of carbonyl (C=O) groups excluding carboxylic acids is 1. The second-order valence-electron chi connectivity index (χ2n) is 7.99. The minimum absolute atomic E-state index is 0.0633. The van der Waals surface area contributed by atoms with E-state index in [1.165, 1.54) is 41.7 Å². The van der Waals surface area contributed by atoms with Crippen LogP contribution in [-0.4, -0.2) is 29.0 Å². The van der Waals surface area contributed by atoms with Crippen LogP contribution in [-0.2, 0) is 33.6 Å². The molecule has 0 N–H and O–H groups in total. The fourth-order valence-electron chi connectivity index (χ4n) is 4.08. The number of aryl methyl sites for hydroxylation is 3. The van der Waals surface area contributed by atoms with E-state index in [2.05, 4.69) is 9.55 Å². The van der Waals surface area contributed by atoms with Crippen molar-refractivity contribution in [3.63, 3.8) is 0 Å². The van der Waals surface area contributed by atoms with Gasteiger partial charge in [0.2, 0.25) is 0 Å². The van der Waals surface area contributed by atoms with Gasteiger partial charge in [-0.1, -0.05) is 12.1 Å². The van der Waals surface area contributed by atoms with E-state index < -0.39 is 11.2 Å². The maximum Gasteiger partial charge on any atom is 0.332 e. The summed E-state index contributed by atoms with van der Waals surface area (Å²) in [5.74, 6) is -0.418. The summed E-state index contributed by atoms with van der Waals surface area (Å²) in [6, 6.07) is 8.24. The Labute approximate surface area is 183 Å². The molecule has 9 heteroatoms. The average Bonchev–Trinajstić information content (AvgIpc) is 3.31. The van der Waals surface area contributed by atoms with Gasteiger partial charge in [-0.3, -0.25) is 18.7 Å². The van der Waals surface area contributed by atoms with Crippen LogP contribution in [0.1, 0.15) is 27.3 Å². The van der Waals surface area contributed by atoms with Gasteiger partial charge in [-0.15, -0.1) is 0 Å². The Kier molecular flexibility index (Phi) is 5.41. The second kappa shape index (κ2) is 8.07. The third-order valence-electron chi connectivity index (χ3n) is 5.94. The van der Waals surface area contributed by atoms with E-state index in [0.29, 0.717) is 18.5 Å². The van der Waals surface area contributed by atoms with Gasteiger partial charge in [0.05, 0.1) is 12.9 Å². The number of hydrogen-bond donors (Lipinski definition) is 0. The van der Waals surface area contributed by atoms with Gasteiger partial charge in [-0.2, -0.15) is 0 Å². The van der Waals surface area contributed by atoms with Crippen LogP contribution in [0.5, 0.6) is 0 Å². The lowest BCUT2D eigenvalue weighted by molar-refractivity contribution is 0.0972. The van der Waals surface area contributed by atoms with Crippen molar-refractivity contribution < 1.29 is 9.18 Å². The molecule has 3 aromatic heterocycles. The Hall–Kier alpha value is -3.75. The van der Waals surface area contributed by atoms with Gasteiger partial charge in [-0.05, 0) is 44.0 Å². The molecule has 32 heavy (non-hydrogen) atoms. The van der Waals surface area contributed by atoms with Crippen molar-refractivity contribution in [3.05, 3.63) is 85.8 Å². The van der Waals surface area contributed by atoms with E-state index in [-0.39, 0.29) is 29.3 Å². The monoisotopic (exact) mass is 437 g/mol. The number of hydrogen-bond acceptors (Lipinski definition) is 4. The number of rotatable bonds is 6. The van der Waals surface area contributed by atoms with Crippen molar-refractivity contribution in [1.29, 1.82) is 0 Å². The van der Waals surface area contributed by atoms with E-state index in [4.69, 9.17) is 0 Å². The molecule has 166 valence electrons. The summed E-state index contributed by atoms with van der Waals surface area (Å²) >= 11 is 0. The zero-order valence-corrected chi connectivity index (χ0v) is 18.4. The molecule has 8 nitrogen and oxygen atoms in total. The first kappa shape index (κ1) is 21.5. The van der Waals surface area contributed by atoms with E-state index >= 15 is 0 Å². The van der Waals surface area contributed by atoms with E-state index in [0.717, 1.165) is 21.5 Å². The number of fused-ring (bicyclic) bond motifs is 1. The molecule has 0 radical (unpaired) electrons. The van der Waals surface area contributed by atoms with Gasteiger partial charge in [0.15, 0.2) is 16.9 Å². The van der Waals surface area contributed by atoms with Crippen molar-refractivity contribution >= 4 is 16.9 Å². The third kappa shape index (κ3) is 3.59. The van der Waals surface area contributed by atoms with Crippen LogP contribution in [0, 0.1) is 19.7 Å². The smallest absolute Gasteiger partial charge is 0.332 e. The number of benzene rings is 1. The van der Waals surface area contributed by atoms with Crippen molar-refractivity contribution in [3.8, 4) is 0 Å². The Morgan fingerprint density at radius 3 is 2.44 bits per heavy atom. The van der Waals surface area contributed by atoms with Gasteiger partial charge >= 0.3 is 5.69 Å². The van der Waals surface area contributed by atoms with Crippen LogP contribution in [0.25, 0.3) is 11.2 Å². The molecule has 1 aromatic carbocycles. The lowest BCUT2D eigenvalue weighted by atomic mass is 10.1. The van der Waals surface area contributed by atoms with Gasteiger partial charge in [0.1, 0.15) is 5.82 Å². The van der Waals surface area contributed by atoms with Crippen LogP contribution in [0.3, 0.4) is 0 Å². The van der Waals surface area contributed by atoms with Crippen molar-refractivity contribution in [1.82, 2.24) is 23.3 Å². The van der Waals surface area contributed by atoms with Crippen LogP contribution in [0.15, 0.2) is 46.2 Å². The second-order valence-corrected chi connectivity index (χ2v) is 7.99. The molecule has 0 spiro atoms. The quantitative estimate of drug-likeness (QED) is 0.433. The molecule has 0 saturated heterocycles. The maximum atomic E-state index is 13.1. The summed E-state index contributed by atoms with van der Waals surface area (Å²) in [4.78, 5) is 42.0. The molecular formula is C23H24FN5O3. The molecule has 4 aromatic rings. The first-order valence-corrected chi connectivity index (χ1v) is 10.2. The highest BCUT2D eigenvalue weighted by Crippen LogP contribution is 2.18. The number of carbonyl (C=O) groups is 1. The van der Waals surface area contributed by atoms with Crippen LogP contribution < -0.4 is 11.2 Å². The molecular weight excluding hydrogens is 413 g/mol. The summed E-state index contributed by atoms with van der Waals surface area (Å²) < 4.78 is 19.0. The van der Waals surface area contributed by atoms with Crippen LogP contribution in [0.2, 0.25) is 0 Å². The molecule has 0 amide bonds. The average molecular weight is 437 g/mol. The minimum atomic E-state index is -0.488. The van der Waals surface area contributed by atoms with Crippen LogP contribution in [0.4, 0.5) is 4.39 Å². The molecule has 0 aliphatic heterocycles. The van der Waals surface area contributed by atoms with Crippen LogP contribution >= 0.6 is 0 Å². The van der Waals surface area contributed by atoms with E-state index in [1.807, 2.05) is 19.9 Å². The lowest BCUT2D eigenvalue weighted by Crippen LogP contribution is -2.37. The topological polar surface area (TPSA) is 83.8 Å². The molecule has 0 unspecified atom stereocenters. The minimum Gasteiger partial charge on any atom is -0.348 e. The Morgan fingerprint density at radius 1 is 1.06 bits per heavy atom.